The lowest BCUT2D eigenvalue weighted by Gasteiger charge is -2.37. The predicted octanol–water partition coefficient (Wildman–Crippen LogP) is 2.17. The van der Waals surface area contributed by atoms with Crippen molar-refractivity contribution in [2.45, 2.75) is 25.4 Å². The highest BCUT2D eigenvalue weighted by molar-refractivity contribution is 5.84. The van der Waals surface area contributed by atoms with Crippen LogP contribution in [0.4, 0.5) is 0 Å². The van der Waals surface area contributed by atoms with E-state index < -0.39 is 6.10 Å². The quantitative estimate of drug-likeness (QED) is 0.517. The summed E-state index contributed by atoms with van der Waals surface area (Å²) in [4.78, 5) is 41.3. The second kappa shape index (κ2) is 9.22. The molecule has 1 saturated heterocycles. The minimum absolute atomic E-state index is 0.134. The van der Waals surface area contributed by atoms with Crippen LogP contribution in [-0.2, 0) is 22.4 Å². The molecule has 1 aliphatic carbocycles. The van der Waals surface area contributed by atoms with Crippen molar-refractivity contribution in [3.8, 4) is 17.2 Å². The van der Waals surface area contributed by atoms with Gasteiger partial charge in [-0.1, -0.05) is 12.1 Å². The van der Waals surface area contributed by atoms with Crippen LogP contribution in [0.3, 0.4) is 0 Å². The van der Waals surface area contributed by atoms with Crippen molar-refractivity contribution in [1.82, 2.24) is 9.80 Å². The lowest BCUT2D eigenvalue weighted by molar-refractivity contribution is -0.146. The van der Waals surface area contributed by atoms with Crippen molar-refractivity contribution in [3.05, 3.63) is 64.0 Å². The molecule has 2 aliphatic heterocycles. The molecule has 1 fully saturated rings. The lowest BCUT2D eigenvalue weighted by atomic mass is 10.1. The van der Waals surface area contributed by atoms with Crippen LogP contribution >= 0.6 is 0 Å². The van der Waals surface area contributed by atoms with Gasteiger partial charge in [0, 0.05) is 43.2 Å². The maximum absolute atomic E-state index is 12.9. The number of fused-ring (bicyclic) bond motifs is 4. The molecule has 3 aromatic rings. The average Bonchev–Trinajstić information content (AvgIpc) is 3.42. The predicted molar refractivity (Wildman–Crippen MR) is 130 cm³/mol. The minimum Gasteiger partial charge on any atom is -0.485 e. The lowest BCUT2D eigenvalue weighted by Crippen LogP contribution is -2.55. The molecule has 1 aromatic heterocycles. The number of para-hydroxylation sites is 2. The molecule has 9 nitrogen and oxygen atoms in total. The molecule has 1 atom stereocenters. The molecular weight excluding hydrogens is 464 g/mol. The third-order valence-electron chi connectivity index (χ3n) is 7.04. The molecular formula is C27H26N2O7. The van der Waals surface area contributed by atoms with Gasteiger partial charge in [0.2, 0.25) is 6.10 Å². The summed E-state index contributed by atoms with van der Waals surface area (Å²) in [6.07, 6.45) is 1.90. The Balaban J connectivity index is 1.03. The zero-order valence-corrected chi connectivity index (χ0v) is 19.7. The van der Waals surface area contributed by atoms with E-state index in [1.807, 2.05) is 24.3 Å². The van der Waals surface area contributed by atoms with E-state index in [2.05, 4.69) is 0 Å². The Morgan fingerprint density at radius 1 is 0.944 bits per heavy atom. The highest BCUT2D eigenvalue weighted by Gasteiger charge is 2.33. The average molecular weight is 491 g/mol. The van der Waals surface area contributed by atoms with Crippen LogP contribution in [0.1, 0.15) is 17.5 Å². The molecule has 1 unspecified atom stereocenters. The number of aryl methyl sites for hydroxylation is 1. The van der Waals surface area contributed by atoms with Crippen molar-refractivity contribution >= 4 is 22.8 Å². The second-order valence-electron chi connectivity index (χ2n) is 9.22. The number of rotatable bonds is 4. The Bertz CT molecular complexity index is 1390. The van der Waals surface area contributed by atoms with Crippen molar-refractivity contribution in [1.29, 1.82) is 0 Å². The largest absolute Gasteiger partial charge is 0.485 e. The fraction of sp³-hybridized carbons (Fsp3) is 0.370. The van der Waals surface area contributed by atoms with E-state index in [1.165, 1.54) is 0 Å². The van der Waals surface area contributed by atoms with Gasteiger partial charge in [0.25, 0.3) is 11.8 Å². The van der Waals surface area contributed by atoms with E-state index in [-0.39, 0.29) is 30.7 Å². The molecule has 9 heteroatoms. The highest BCUT2D eigenvalue weighted by Crippen LogP contribution is 2.32. The van der Waals surface area contributed by atoms with E-state index in [4.69, 9.17) is 18.6 Å². The van der Waals surface area contributed by atoms with Crippen LogP contribution in [0, 0.1) is 0 Å². The maximum Gasteiger partial charge on any atom is 0.339 e. The van der Waals surface area contributed by atoms with Crippen molar-refractivity contribution in [3.63, 3.8) is 0 Å². The van der Waals surface area contributed by atoms with Gasteiger partial charge >= 0.3 is 5.63 Å². The summed E-state index contributed by atoms with van der Waals surface area (Å²) < 4.78 is 22.7. The summed E-state index contributed by atoms with van der Waals surface area (Å²) in [6, 6.07) is 12.6. The van der Waals surface area contributed by atoms with Crippen LogP contribution in [0.25, 0.3) is 11.0 Å². The van der Waals surface area contributed by atoms with Crippen molar-refractivity contribution < 1.29 is 28.2 Å². The fourth-order valence-electron chi connectivity index (χ4n) is 5.11. The van der Waals surface area contributed by atoms with E-state index in [0.717, 1.165) is 35.8 Å². The first-order valence-electron chi connectivity index (χ1n) is 12.2. The van der Waals surface area contributed by atoms with E-state index in [9.17, 15) is 14.4 Å². The number of hydrogen-bond donors (Lipinski definition) is 0. The summed E-state index contributed by atoms with van der Waals surface area (Å²) in [5, 5.41) is 0.928. The van der Waals surface area contributed by atoms with Gasteiger partial charge in [0.1, 0.15) is 17.9 Å². The molecule has 3 heterocycles. The van der Waals surface area contributed by atoms with Gasteiger partial charge in [-0.05, 0) is 49.1 Å². The van der Waals surface area contributed by atoms with Crippen LogP contribution in [0.2, 0.25) is 0 Å². The maximum atomic E-state index is 12.9. The molecule has 0 spiro atoms. The third-order valence-corrected chi connectivity index (χ3v) is 7.04. The normalized spacial score (nSPS) is 18.7. The molecule has 0 N–H and O–H groups in total. The smallest absolute Gasteiger partial charge is 0.339 e. The SMILES string of the molecule is O=C(COc1ccc2c3c(c(=O)oc2c1)CCC3)N1CCN(C(=O)C2COc3ccccc3O2)CC1. The van der Waals surface area contributed by atoms with Crippen molar-refractivity contribution in [2.24, 2.45) is 0 Å². The molecule has 0 saturated carbocycles. The van der Waals surface area contributed by atoms with E-state index in [0.29, 0.717) is 49.0 Å². The molecule has 2 aromatic carbocycles. The van der Waals surface area contributed by atoms with Crippen LogP contribution in [0.15, 0.2) is 51.7 Å². The summed E-state index contributed by atoms with van der Waals surface area (Å²) in [7, 11) is 0. The first kappa shape index (κ1) is 22.5. The molecule has 186 valence electrons. The van der Waals surface area contributed by atoms with Crippen molar-refractivity contribution in [2.75, 3.05) is 39.4 Å². The number of carbonyl (C=O) groups excluding carboxylic acids is 2. The number of nitrogens with zero attached hydrogens (tertiary/aromatic N) is 2. The Hall–Kier alpha value is -4.01. The van der Waals surface area contributed by atoms with Crippen LogP contribution in [0.5, 0.6) is 17.2 Å². The molecule has 2 amide bonds. The Morgan fingerprint density at radius 2 is 1.69 bits per heavy atom. The zero-order chi connectivity index (χ0) is 24.6. The summed E-state index contributed by atoms with van der Waals surface area (Å²) in [5.74, 6) is 1.36. The Morgan fingerprint density at radius 3 is 2.53 bits per heavy atom. The summed E-state index contributed by atoms with van der Waals surface area (Å²) >= 11 is 0. The molecule has 6 rings (SSSR count). The van der Waals surface area contributed by atoms with Crippen LogP contribution < -0.4 is 19.8 Å². The number of benzene rings is 2. The fourth-order valence-corrected chi connectivity index (χ4v) is 5.11. The number of carbonyl (C=O) groups is 2. The van der Waals surface area contributed by atoms with Gasteiger partial charge in [-0.25, -0.2) is 4.79 Å². The topological polar surface area (TPSA) is 98.5 Å². The molecule has 0 bridgehead atoms. The molecule has 36 heavy (non-hydrogen) atoms. The van der Waals surface area contributed by atoms with E-state index >= 15 is 0 Å². The van der Waals surface area contributed by atoms with Crippen LogP contribution in [-0.4, -0.2) is 67.1 Å². The number of ether oxygens (including phenoxy) is 3. The first-order chi connectivity index (χ1) is 17.6. The van der Waals surface area contributed by atoms with E-state index in [1.54, 1.807) is 28.0 Å². The van der Waals surface area contributed by atoms with Gasteiger partial charge in [0.15, 0.2) is 18.1 Å². The third kappa shape index (κ3) is 4.14. The molecule has 0 radical (unpaired) electrons. The minimum atomic E-state index is -0.695. The second-order valence-corrected chi connectivity index (χ2v) is 9.22. The van der Waals surface area contributed by atoms with Gasteiger partial charge in [-0.3, -0.25) is 9.59 Å². The monoisotopic (exact) mass is 490 g/mol. The van der Waals surface area contributed by atoms with Gasteiger partial charge in [-0.15, -0.1) is 0 Å². The van der Waals surface area contributed by atoms with Gasteiger partial charge in [-0.2, -0.15) is 0 Å². The number of amides is 2. The van der Waals surface area contributed by atoms with Gasteiger partial charge in [0.05, 0.1) is 0 Å². The summed E-state index contributed by atoms with van der Waals surface area (Å²) in [5.41, 5.74) is 2.03. The van der Waals surface area contributed by atoms with Gasteiger partial charge < -0.3 is 28.4 Å². The standard InChI is InChI=1S/C27H26N2O7/c30-25(16-33-17-8-9-19-18-4-3-5-20(18)27(32)36-23(19)14-17)28-10-12-29(13-11-28)26(31)24-15-34-21-6-1-2-7-22(21)35-24/h1-2,6-9,14,24H,3-5,10-13,15-16H2. The zero-order valence-electron chi connectivity index (χ0n) is 19.7. The summed E-state index contributed by atoms with van der Waals surface area (Å²) in [6.45, 7) is 1.69. The molecule has 3 aliphatic rings. The number of hydrogen-bond acceptors (Lipinski definition) is 7. The number of piperazine rings is 1. The first-order valence-corrected chi connectivity index (χ1v) is 12.2. The Labute approximate surface area is 207 Å². The Kier molecular flexibility index (Phi) is 5.75. The highest BCUT2D eigenvalue weighted by atomic mass is 16.6.